The zero-order valence-electron chi connectivity index (χ0n) is 14.4. The number of nitrogens with one attached hydrogen (secondary N) is 2. The monoisotopic (exact) mass is 352 g/mol. The Morgan fingerprint density at radius 2 is 2.04 bits per heavy atom. The molecule has 1 heterocycles. The minimum absolute atomic E-state index is 0. The molecule has 2 fully saturated rings. The fraction of sp³-hybridized carbons (Fsp3) is 0.632. The Bertz CT molecular complexity index is 497. The molecule has 0 aromatic heterocycles. The molecular weight excluding hydrogens is 324 g/mol. The van der Waals surface area contributed by atoms with Crippen LogP contribution in [0.2, 0.25) is 0 Å². The maximum absolute atomic E-state index is 12.4. The third-order valence-electron chi connectivity index (χ3n) is 5.05. The molecule has 134 valence electrons. The Balaban J connectivity index is 0.00000208. The van der Waals surface area contributed by atoms with Crippen molar-refractivity contribution in [3.8, 4) is 0 Å². The molecule has 1 aliphatic heterocycles. The lowest BCUT2D eigenvalue weighted by Crippen LogP contribution is -2.47. The molecule has 3 rings (SSSR count). The molecule has 0 radical (unpaired) electrons. The third-order valence-corrected chi connectivity index (χ3v) is 5.05. The Hall–Kier alpha value is -1.10. The van der Waals surface area contributed by atoms with Crippen molar-refractivity contribution in [3.63, 3.8) is 0 Å². The quantitative estimate of drug-likeness (QED) is 0.827. The molecule has 0 spiro atoms. The lowest BCUT2D eigenvalue weighted by molar-refractivity contribution is -0.124. The van der Waals surface area contributed by atoms with Crippen LogP contribution in [0, 0.1) is 5.92 Å². The molecule has 24 heavy (non-hydrogen) atoms. The first-order chi connectivity index (χ1) is 11.2. The number of hydrogen-bond acceptors (Lipinski definition) is 3. The fourth-order valence-corrected chi connectivity index (χ4v) is 3.83. The van der Waals surface area contributed by atoms with E-state index in [1.807, 2.05) is 37.3 Å². The molecule has 1 aromatic rings. The number of halogens is 1. The van der Waals surface area contributed by atoms with Crippen LogP contribution >= 0.6 is 12.4 Å². The van der Waals surface area contributed by atoms with Crippen molar-refractivity contribution in [1.82, 2.24) is 10.6 Å². The van der Waals surface area contributed by atoms with Crippen LogP contribution in [0.5, 0.6) is 0 Å². The average Bonchev–Trinajstić information content (AvgIpc) is 3.00. The van der Waals surface area contributed by atoms with Crippen molar-refractivity contribution < 1.29 is 9.53 Å². The van der Waals surface area contributed by atoms with E-state index in [9.17, 15) is 4.79 Å². The first-order valence-corrected chi connectivity index (χ1v) is 8.90. The van der Waals surface area contributed by atoms with E-state index < -0.39 is 0 Å². The van der Waals surface area contributed by atoms with E-state index in [1.54, 1.807) is 0 Å². The van der Waals surface area contributed by atoms with Crippen LogP contribution in [0.1, 0.15) is 44.6 Å². The lowest BCUT2D eigenvalue weighted by Gasteiger charge is -2.24. The lowest BCUT2D eigenvalue weighted by atomic mass is 9.85. The third kappa shape index (κ3) is 5.20. The minimum atomic E-state index is -0.0142. The highest BCUT2D eigenvalue weighted by molar-refractivity contribution is 5.85. The predicted molar refractivity (Wildman–Crippen MR) is 98.2 cm³/mol. The summed E-state index contributed by atoms with van der Waals surface area (Å²) in [5.41, 5.74) is 1.16. The molecule has 2 N–H and O–H groups in total. The van der Waals surface area contributed by atoms with E-state index in [2.05, 4.69) is 10.6 Å². The Morgan fingerprint density at radius 1 is 1.29 bits per heavy atom. The van der Waals surface area contributed by atoms with Crippen molar-refractivity contribution >= 4 is 18.3 Å². The number of carbonyl (C=O) groups is 1. The maximum atomic E-state index is 12.4. The number of hydrogen-bond donors (Lipinski definition) is 2. The summed E-state index contributed by atoms with van der Waals surface area (Å²) in [5, 5.41) is 6.62. The summed E-state index contributed by atoms with van der Waals surface area (Å²) in [4.78, 5) is 12.4. The number of ether oxygens (including phenoxy) is 1. The zero-order chi connectivity index (χ0) is 16.1. The average molecular weight is 353 g/mol. The van der Waals surface area contributed by atoms with Gasteiger partial charge in [-0.3, -0.25) is 4.79 Å². The van der Waals surface area contributed by atoms with Gasteiger partial charge < -0.3 is 15.4 Å². The number of benzene rings is 1. The predicted octanol–water partition coefficient (Wildman–Crippen LogP) is 3.05. The fourth-order valence-electron chi connectivity index (χ4n) is 3.83. The molecule has 1 aliphatic carbocycles. The standard InChI is InChI=1S/C19H28N2O2.ClH/c1-14(12-23-13-15-7-3-2-4-8-15)20-19(22)18-11-16-9-5-6-10-17(16)21-18;/h2-4,7-8,14,16-18,21H,5-6,9-13H2,1H3,(H,20,22);1H. The van der Waals surface area contributed by atoms with E-state index in [4.69, 9.17) is 4.74 Å². The second-order valence-electron chi connectivity index (χ2n) is 7.02. The van der Waals surface area contributed by atoms with Gasteiger partial charge in [0.05, 0.1) is 19.3 Å². The van der Waals surface area contributed by atoms with E-state index >= 15 is 0 Å². The van der Waals surface area contributed by atoms with Gasteiger partial charge in [-0.15, -0.1) is 12.4 Å². The second-order valence-corrected chi connectivity index (χ2v) is 7.02. The highest BCUT2D eigenvalue weighted by Gasteiger charge is 2.38. The Morgan fingerprint density at radius 3 is 2.79 bits per heavy atom. The van der Waals surface area contributed by atoms with Crippen LogP contribution in [0.4, 0.5) is 0 Å². The SMILES string of the molecule is CC(COCc1ccccc1)NC(=O)C1CC2CCCCC2N1.Cl. The molecular formula is C19H29ClN2O2. The van der Waals surface area contributed by atoms with Crippen LogP contribution in [-0.4, -0.2) is 30.6 Å². The molecule has 1 aromatic carbocycles. The Labute approximate surface area is 151 Å². The van der Waals surface area contributed by atoms with E-state index in [0.29, 0.717) is 25.2 Å². The molecule has 4 atom stereocenters. The van der Waals surface area contributed by atoms with Crippen LogP contribution in [0.25, 0.3) is 0 Å². The van der Waals surface area contributed by atoms with Gasteiger partial charge in [0.1, 0.15) is 0 Å². The van der Waals surface area contributed by atoms with Crippen molar-refractivity contribution in [2.24, 2.45) is 5.92 Å². The summed E-state index contributed by atoms with van der Waals surface area (Å²) in [6, 6.07) is 10.7. The molecule has 0 bridgehead atoms. The number of amides is 1. The molecule has 4 nitrogen and oxygen atoms in total. The van der Waals surface area contributed by atoms with Crippen molar-refractivity contribution in [2.45, 2.75) is 63.8 Å². The molecule has 4 unspecified atom stereocenters. The molecule has 1 saturated carbocycles. The van der Waals surface area contributed by atoms with Gasteiger partial charge in [0.15, 0.2) is 0 Å². The van der Waals surface area contributed by atoms with Gasteiger partial charge in [0.25, 0.3) is 0 Å². The summed E-state index contributed by atoms with van der Waals surface area (Å²) in [6.07, 6.45) is 6.11. The van der Waals surface area contributed by atoms with Crippen LogP contribution in [0.3, 0.4) is 0 Å². The minimum Gasteiger partial charge on any atom is -0.375 e. The Kier molecular flexibility index (Phi) is 7.53. The van der Waals surface area contributed by atoms with Crippen molar-refractivity contribution in [2.75, 3.05) is 6.61 Å². The van der Waals surface area contributed by atoms with Crippen LogP contribution < -0.4 is 10.6 Å². The zero-order valence-corrected chi connectivity index (χ0v) is 15.2. The van der Waals surface area contributed by atoms with E-state index in [-0.39, 0.29) is 30.4 Å². The first kappa shape index (κ1) is 19.2. The molecule has 5 heteroatoms. The van der Waals surface area contributed by atoms with Gasteiger partial charge in [0.2, 0.25) is 5.91 Å². The molecule has 1 amide bonds. The van der Waals surface area contributed by atoms with Gasteiger partial charge in [-0.1, -0.05) is 43.2 Å². The smallest absolute Gasteiger partial charge is 0.237 e. The van der Waals surface area contributed by atoms with Gasteiger partial charge in [-0.05, 0) is 37.7 Å². The van der Waals surface area contributed by atoms with Gasteiger partial charge >= 0.3 is 0 Å². The van der Waals surface area contributed by atoms with E-state index in [0.717, 1.165) is 12.0 Å². The van der Waals surface area contributed by atoms with Gasteiger partial charge in [0, 0.05) is 12.1 Å². The highest BCUT2D eigenvalue weighted by atomic mass is 35.5. The van der Waals surface area contributed by atoms with Gasteiger partial charge in [-0.2, -0.15) is 0 Å². The topological polar surface area (TPSA) is 50.4 Å². The summed E-state index contributed by atoms with van der Waals surface area (Å²) in [7, 11) is 0. The summed E-state index contributed by atoms with van der Waals surface area (Å²) < 4.78 is 5.70. The van der Waals surface area contributed by atoms with Crippen molar-refractivity contribution in [3.05, 3.63) is 35.9 Å². The van der Waals surface area contributed by atoms with Crippen LogP contribution in [-0.2, 0) is 16.1 Å². The van der Waals surface area contributed by atoms with Crippen molar-refractivity contribution in [1.29, 1.82) is 0 Å². The summed E-state index contributed by atoms with van der Waals surface area (Å²) in [5.74, 6) is 0.833. The largest absolute Gasteiger partial charge is 0.375 e. The van der Waals surface area contributed by atoms with Gasteiger partial charge in [-0.25, -0.2) is 0 Å². The second kappa shape index (κ2) is 9.40. The maximum Gasteiger partial charge on any atom is 0.237 e. The van der Waals surface area contributed by atoms with Crippen LogP contribution in [0.15, 0.2) is 30.3 Å². The number of fused-ring (bicyclic) bond motifs is 1. The number of rotatable bonds is 6. The normalized spacial score (nSPS) is 27.0. The summed E-state index contributed by atoms with van der Waals surface area (Å²) >= 11 is 0. The van der Waals surface area contributed by atoms with E-state index in [1.165, 1.54) is 25.7 Å². The summed E-state index contributed by atoms with van der Waals surface area (Å²) in [6.45, 7) is 3.14. The number of carbonyl (C=O) groups excluding carboxylic acids is 1. The highest BCUT2D eigenvalue weighted by Crippen LogP contribution is 2.33. The molecule has 2 aliphatic rings. The first-order valence-electron chi connectivity index (χ1n) is 8.90. The molecule has 1 saturated heterocycles.